The number of benzene rings is 2. The molecule has 2 N–H and O–H groups in total. The number of hydrogen-bond donors (Lipinski definition) is 2. The van der Waals surface area contributed by atoms with Crippen LogP contribution in [0.4, 0.5) is 17.2 Å². The number of aryl methyl sites for hydroxylation is 1. The Kier molecular flexibility index (Phi) is 6.01. The van der Waals surface area contributed by atoms with E-state index in [1.807, 2.05) is 24.3 Å². The zero-order chi connectivity index (χ0) is 19.9. The van der Waals surface area contributed by atoms with Crippen molar-refractivity contribution in [3.05, 3.63) is 83.6 Å². The molecule has 2 aromatic carbocycles. The molecule has 0 aliphatic rings. The smallest absolute Gasteiger partial charge is 0.339 e. The Hall–Kier alpha value is -3.67. The number of carbonyl (C=O) groups excluding carboxylic acids is 2. The lowest BCUT2D eigenvalue weighted by molar-refractivity contribution is 0.0601. The minimum absolute atomic E-state index is 0.240. The molecule has 0 saturated carbocycles. The third-order valence-corrected chi connectivity index (χ3v) is 4.24. The lowest BCUT2D eigenvalue weighted by Gasteiger charge is -2.11. The molecule has 0 fully saturated rings. The number of methoxy groups -OCH3 is 1. The van der Waals surface area contributed by atoms with Crippen molar-refractivity contribution in [2.24, 2.45) is 0 Å². The fourth-order valence-corrected chi connectivity index (χ4v) is 2.69. The van der Waals surface area contributed by atoms with Gasteiger partial charge in [-0.2, -0.15) is 0 Å². The molecule has 1 amide bonds. The van der Waals surface area contributed by atoms with Crippen LogP contribution in [-0.4, -0.2) is 24.0 Å². The third-order valence-electron chi connectivity index (χ3n) is 4.24. The summed E-state index contributed by atoms with van der Waals surface area (Å²) in [6.07, 6.45) is 2.48. The van der Waals surface area contributed by atoms with Gasteiger partial charge in [-0.05, 0) is 48.4 Å². The average molecular weight is 375 g/mol. The molecule has 0 radical (unpaired) electrons. The lowest BCUT2D eigenvalue weighted by atomic mass is 10.1. The highest BCUT2D eigenvalue weighted by atomic mass is 16.5. The van der Waals surface area contributed by atoms with Crippen LogP contribution in [0.25, 0.3) is 0 Å². The highest BCUT2D eigenvalue weighted by Crippen LogP contribution is 2.21. The first-order valence-electron chi connectivity index (χ1n) is 8.91. The van der Waals surface area contributed by atoms with Crippen LogP contribution in [0.15, 0.2) is 66.9 Å². The number of pyridine rings is 1. The van der Waals surface area contributed by atoms with Crippen LogP contribution in [0.3, 0.4) is 0 Å². The second-order valence-electron chi connectivity index (χ2n) is 6.10. The van der Waals surface area contributed by atoms with Crippen molar-refractivity contribution in [3.63, 3.8) is 0 Å². The van der Waals surface area contributed by atoms with E-state index in [4.69, 9.17) is 4.74 Å². The van der Waals surface area contributed by atoms with Gasteiger partial charge in [-0.3, -0.25) is 4.79 Å². The molecule has 6 nitrogen and oxygen atoms in total. The first-order valence-corrected chi connectivity index (χ1v) is 8.91. The van der Waals surface area contributed by atoms with E-state index in [9.17, 15) is 9.59 Å². The maximum Gasteiger partial charge on any atom is 0.339 e. The largest absolute Gasteiger partial charge is 0.465 e. The molecule has 3 aromatic rings. The van der Waals surface area contributed by atoms with E-state index in [1.54, 1.807) is 36.4 Å². The number of rotatable bonds is 6. The van der Waals surface area contributed by atoms with Crippen molar-refractivity contribution in [1.29, 1.82) is 0 Å². The summed E-state index contributed by atoms with van der Waals surface area (Å²) in [7, 11) is 1.33. The molecule has 0 spiro atoms. The summed E-state index contributed by atoms with van der Waals surface area (Å²) in [4.78, 5) is 28.7. The second kappa shape index (κ2) is 8.81. The van der Waals surface area contributed by atoms with E-state index < -0.39 is 5.97 Å². The number of nitrogens with zero attached hydrogens (tertiary/aromatic N) is 1. The Labute approximate surface area is 163 Å². The van der Waals surface area contributed by atoms with Crippen LogP contribution >= 0.6 is 0 Å². The van der Waals surface area contributed by atoms with Crippen LogP contribution in [-0.2, 0) is 11.2 Å². The van der Waals surface area contributed by atoms with Gasteiger partial charge in [-0.15, -0.1) is 0 Å². The molecule has 1 aromatic heterocycles. The summed E-state index contributed by atoms with van der Waals surface area (Å²) in [5, 5.41) is 5.94. The van der Waals surface area contributed by atoms with Gasteiger partial charge in [0.1, 0.15) is 5.82 Å². The SMILES string of the molecule is CCc1ccc(NC(=O)c2ccnc(Nc3ccccc3C(=O)OC)c2)cc1. The van der Waals surface area contributed by atoms with E-state index in [2.05, 4.69) is 22.5 Å². The molecular formula is C22H21N3O3. The number of amides is 1. The van der Waals surface area contributed by atoms with E-state index in [1.165, 1.54) is 18.9 Å². The number of hydrogen-bond acceptors (Lipinski definition) is 5. The maximum atomic E-state index is 12.6. The van der Waals surface area contributed by atoms with Crippen LogP contribution in [0, 0.1) is 0 Å². The normalized spacial score (nSPS) is 10.2. The lowest BCUT2D eigenvalue weighted by Crippen LogP contribution is -2.12. The minimum atomic E-state index is -0.451. The zero-order valence-electron chi connectivity index (χ0n) is 15.7. The number of ether oxygens (including phenoxy) is 1. The van der Waals surface area contributed by atoms with E-state index in [-0.39, 0.29) is 5.91 Å². The van der Waals surface area contributed by atoms with Gasteiger partial charge in [0, 0.05) is 17.4 Å². The fourth-order valence-electron chi connectivity index (χ4n) is 2.69. The number of para-hydroxylation sites is 1. The molecule has 0 aliphatic carbocycles. The Morgan fingerprint density at radius 1 is 1.04 bits per heavy atom. The number of carbonyl (C=O) groups is 2. The zero-order valence-corrected chi connectivity index (χ0v) is 15.7. The summed E-state index contributed by atoms with van der Waals surface area (Å²) in [5.74, 6) is -0.242. The predicted molar refractivity (Wildman–Crippen MR) is 109 cm³/mol. The monoisotopic (exact) mass is 375 g/mol. The Bertz CT molecular complexity index is 984. The summed E-state index contributed by atoms with van der Waals surface area (Å²) in [5.41, 5.74) is 3.32. The van der Waals surface area contributed by atoms with Crippen molar-refractivity contribution in [3.8, 4) is 0 Å². The Balaban J connectivity index is 1.77. The number of nitrogens with one attached hydrogen (secondary N) is 2. The third kappa shape index (κ3) is 4.54. The summed E-state index contributed by atoms with van der Waals surface area (Å²) < 4.78 is 4.80. The van der Waals surface area contributed by atoms with Gasteiger partial charge in [0.15, 0.2) is 0 Å². The van der Waals surface area contributed by atoms with Crippen molar-refractivity contribution in [2.45, 2.75) is 13.3 Å². The van der Waals surface area contributed by atoms with Gasteiger partial charge >= 0.3 is 5.97 Å². The average Bonchev–Trinajstić information content (AvgIpc) is 2.74. The van der Waals surface area contributed by atoms with E-state index in [0.717, 1.165) is 12.1 Å². The molecule has 28 heavy (non-hydrogen) atoms. The summed E-state index contributed by atoms with van der Waals surface area (Å²) >= 11 is 0. The molecule has 0 aliphatic heterocycles. The molecule has 6 heteroatoms. The molecule has 3 rings (SSSR count). The molecule has 0 bridgehead atoms. The Morgan fingerprint density at radius 2 is 1.79 bits per heavy atom. The Morgan fingerprint density at radius 3 is 2.50 bits per heavy atom. The van der Waals surface area contributed by atoms with Crippen LogP contribution in [0.2, 0.25) is 0 Å². The topological polar surface area (TPSA) is 80.3 Å². The molecule has 0 atom stereocenters. The van der Waals surface area contributed by atoms with E-state index >= 15 is 0 Å². The maximum absolute atomic E-state index is 12.6. The first kappa shape index (κ1) is 19.1. The van der Waals surface area contributed by atoms with Crippen molar-refractivity contribution < 1.29 is 14.3 Å². The molecular weight excluding hydrogens is 354 g/mol. The summed E-state index contributed by atoms with van der Waals surface area (Å²) in [6, 6.07) is 17.9. The second-order valence-corrected chi connectivity index (χ2v) is 6.10. The molecule has 142 valence electrons. The van der Waals surface area contributed by atoms with Crippen molar-refractivity contribution in [2.75, 3.05) is 17.7 Å². The number of anilines is 3. The number of esters is 1. The predicted octanol–water partition coefficient (Wildman–Crippen LogP) is 4.43. The molecule has 1 heterocycles. The number of aromatic nitrogens is 1. The highest BCUT2D eigenvalue weighted by Gasteiger charge is 2.13. The minimum Gasteiger partial charge on any atom is -0.465 e. The molecule has 0 unspecified atom stereocenters. The van der Waals surface area contributed by atoms with Crippen LogP contribution in [0.5, 0.6) is 0 Å². The highest BCUT2D eigenvalue weighted by molar-refractivity contribution is 6.04. The standard InChI is InChI=1S/C22H21N3O3/c1-3-15-8-10-17(11-9-15)24-21(26)16-12-13-23-20(14-16)25-19-7-5-4-6-18(19)22(27)28-2/h4-14H,3H2,1-2H3,(H,23,25)(H,24,26). The summed E-state index contributed by atoms with van der Waals surface area (Å²) in [6.45, 7) is 2.08. The quantitative estimate of drug-likeness (QED) is 0.623. The van der Waals surface area contributed by atoms with E-state index in [0.29, 0.717) is 22.6 Å². The fraction of sp³-hybridized carbons (Fsp3) is 0.136. The van der Waals surface area contributed by atoms with Gasteiger partial charge < -0.3 is 15.4 Å². The van der Waals surface area contributed by atoms with Crippen LogP contribution < -0.4 is 10.6 Å². The first-order chi connectivity index (χ1) is 13.6. The van der Waals surface area contributed by atoms with Gasteiger partial charge in [0.25, 0.3) is 5.91 Å². The molecule has 0 saturated heterocycles. The van der Waals surface area contributed by atoms with Gasteiger partial charge in [0.05, 0.1) is 18.4 Å². The van der Waals surface area contributed by atoms with Gasteiger partial charge in [-0.25, -0.2) is 9.78 Å². The van der Waals surface area contributed by atoms with Crippen molar-refractivity contribution in [1.82, 2.24) is 4.98 Å². The van der Waals surface area contributed by atoms with Crippen molar-refractivity contribution >= 4 is 29.1 Å². The van der Waals surface area contributed by atoms with Gasteiger partial charge in [-0.1, -0.05) is 31.2 Å². The van der Waals surface area contributed by atoms with Crippen LogP contribution in [0.1, 0.15) is 33.2 Å². The van der Waals surface area contributed by atoms with Gasteiger partial charge in [0.2, 0.25) is 0 Å².